The first kappa shape index (κ1) is 102. The molecule has 0 aliphatic carbocycles. The smallest absolute Gasteiger partial charge is 0.756 e. The normalized spacial score (nSPS) is 17.6. The van der Waals surface area contributed by atoms with Crippen LogP contribution in [0.3, 0.4) is 0 Å². The van der Waals surface area contributed by atoms with Crippen molar-refractivity contribution in [3.63, 3.8) is 0 Å². The van der Waals surface area contributed by atoms with Crippen LogP contribution in [0.4, 0.5) is 0 Å². The topological polar surface area (TPSA) is 259 Å². The SMILES string of the molecule is CCCCCCCCCCCCCC(=O)OC[C@H](COP(=O)([O-])OCC1COC(CCCCC)O1)OC(=O)CCCCCCCCCCCCC.CCCCCCCCCCCCCC(=O)OC[C@H](COP(=O)([O-])OCC1COC(CCCCC)O1)OC(=O)CCCCCCCCCCCCC.[Ca+2]. The second-order valence-corrected chi connectivity index (χ2v) is 31.7. The summed E-state index contributed by atoms with van der Waals surface area (Å²) in [7, 11) is -9.48. The summed E-state index contributed by atoms with van der Waals surface area (Å²) in [5.74, 6) is -1.72. The van der Waals surface area contributed by atoms with Crippen LogP contribution in [0.2, 0.25) is 0 Å². The molecule has 0 N–H and O–H groups in total. The minimum atomic E-state index is -4.74. The van der Waals surface area contributed by atoms with Gasteiger partial charge in [0.25, 0.3) is 15.6 Å². The minimum absolute atomic E-state index is 0. The largest absolute Gasteiger partial charge is 2.00 e. The third kappa shape index (κ3) is 67.8. The predicted octanol–water partition coefficient (Wildman–Crippen LogP) is 21.0. The van der Waals surface area contributed by atoms with Crippen molar-refractivity contribution >= 4 is 77.3 Å². The summed E-state index contributed by atoms with van der Waals surface area (Å²) in [6, 6.07) is 0. The van der Waals surface area contributed by atoms with E-state index in [1.54, 1.807) is 0 Å². The van der Waals surface area contributed by atoms with Crippen LogP contribution in [0, 0.1) is 0 Å². The van der Waals surface area contributed by atoms with E-state index >= 15 is 0 Å². The standard InChI is InChI=1S/2C40H77O10P.Ca/c2*1-4-7-10-12-14-16-18-20-22-24-27-29-38(41)45-32-36(49-39(42)30-28-25-23-21-19-17-15-13-11-8-5-2)34-47-51(43,44)48-35-37-33-46-40(50-37)31-26-9-6-3;/h2*36-37,40H,4-35H2,1-3H3,(H,43,44);/q;;+2/p-2/t2*36-,37?,40?;/m11./s1. The van der Waals surface area contributed by atoms with Crippen molar-refractivity contribution in [2.24, 2.45) is 0 Å². The van der Waals surface area contributed by atoms with Gasteiger partial charge in [-0.25, -0.2) is 0 Å². The summed E-state index contributed by atoms with van der Waals surface area (Å²) in [5, 5.41) is 0. The maximum absolute atomic E-state index is 12.7. The van der Waals surface area contributed by atoms with E-state index in [9.17, 15) is 38.1 Å². The van der Waals surface area contributed by atoms with Gasteiger partial charge in [0.2, 0.25) is 0 Å². The zero-order valence-electron chi connectivity index (χ0n) is 66.5. The molecule has 2 heterocycles. The van der Waals surface area contributed by atoms with Gasteiger partial charge in [0.15, 0.2) is 24.8 Å². The van der Waals surface area contributed by atoms with Gasteiger partial charge in [-0.1, -0.05) is 324 Å². The van der Waals surface area contributed by atoms with E-state index in [-0.39, 0.29) is 116 Å². The molecule has 0 aromatic heterocycles. The average Bonchev–Trinajstić information content (AvgIpc) is 1.88. The van der Waals surface area contributed by atoms with E-state index < -0.39 is 77.2 Å². The maximum Gasteiger partial charge on any atom is 2.00 e. The number of esters is 4. The van der Waals surface area contributed by atoms with Crippen molar-refractivity contribution in [3.05, 3.63) is 0 Å². The van der Waals surface area contributed by atoms with E-state index in [1.165, 1.54) is 193 Å². The molecule has 0 saturated carbocycles. The van der Waals surface area contributed by atoms with Crippen molar-refractivity contribution < 1.29 is 94.1 Å². The van der Waals surface area contributed by atoms with E-state index in [0.717, 1.165) is 128 Å². The van der Waals surface area contributed by atoms with Crippen LogP contribution in [0.5, 0.6) is 0 Å². The number of unbranched alkanes of at least 4 members (excludes halogenated alkanes) is 44. The van der Waals surface area contributed by atoms with Gasteiger partial charge in [-0.2, -0.15) is 0 Å². The Labute approximate surface area is 657 Å². The molecular formula is C80H152CaO20P2. The molecule has 0 bridgehead atoms. The quantitative estimate of drug-likeness (QED) is 0.0180. The predicted molar refractivity (Wildman–Crippen MR) is 408 cm³/mol. The summed E-state index contributed by atoms with van der Waals surface area (Å²) in [6.45, 7) is 11.6. The van der Waals surface area contributed by atoms with Gasteiger partial charge >= 0.3 is 61.6 Å². The number of ether oxygens (including phenoxy) is 8. The number of hydrogen-bond donors (Lipinski definition) is 0. The molecule has 2 aliphatic rings. The number of hydrogen-bond acceptors (Lipinski definition) is 20. The third-order valence-corrected chi connectivity index (χ3v) is 20.6. The monoisotopic (exact) mass is 1530 g/mol. The Kier molecular flexibility index (Phi) is 73.4. The van der Waals surface area contributed by atoms with Gasteiger partial charge in [-0.3, -0.25) is 28.3 Å². The van der Waals surface area contributed by atoms with Crippen molar-refractivity contribution in [2.45, 2.75) is 438 Å². The molecule has 8 atom stereocenters. The Morgan fingerprint density at radius 1 is 0.320 bits per heavy atom. The number of carbonyl (C=O) groups excluding carboxylic acids is 4. The van der Waals surface area contributed by atoms with Gasteiger partial charge in [-0.05, 0) is 51.4 Å². The zero-order valence-corrected chi connectivity index (χ0v) is 70.5. The van der Waals surface area contributed by atoms with E-state index in [0.29, 0.717) is 12.8 Å². The fourth-order valence-corrected chi connectivity index (χ4v) is 13.9. The number of phosphoric acid groups is 2. The molecular weight excluding hydrogens is 1380 g/mol. The number of phosphoric ester groups is 2. The summed E-state index contributed by atoms with van der Waals surface area (Å²) < 4.78 is 89.9. The molecule has 604 valence electrons. The molecule has 23 heteroatoms. The Hall–Kier alpha value is -0.800. The first-order chi connectivity index (χ1) is 49.6. The number of rotatable bonds is 74. The van der Waals surface area contributed by atoms with Crippen LogP contribution in [-0.4, -0.2) is 151 Å². The van der Waals surface area contributed by atoms with Crippen molar-refractivity contribution in [3.8, 4) is 0 Å². The van der Waals surface area contributed by atoms with Crippen LogP contribution in [0.1, 0.15) is 401 Å². The van der Waals surface area contributed by atoms with Crippen LogP contribution in [0.15, 0.2) is 0 Å². The molecule has 6 unspecified atom stereocenters. The second-order valence-electron chi connectivity index (χ2n) is 28.8. The number of carbonyl (C=O) groups is 4. The van der Waals surface area contributed by atoms with Crippen LogP contribution < -0.4 is 9.79 Å². The van der Waals surface area contributed by atoms with Crippen LogP contribution in [-0.2, 0) is 84.3 Å². The summed E-state index contributed by atoms with van der Waals surface area (Å²) in [5.41, 5.74) is 0. The average molecular weight is 1540 g/mol. The second kappa shape index (κ2) is 74.0. The summed E-state index contributed by atoms with van der Waals surface area (Å²) >= 11 is 0. The Balaban J connectivity index is 0.00000200. The zero-order chi connectivity index (χ0) is 74.5. The molecule has 2 fully saturated rings. The van der Waals surface area contributed by atoms with E-state index in [2.05, 4.69) is 41.5 Å². The van der Waals surface area contributed by atoms with Crippen molar-refractivity contribution in [2.75, 3.05) is 52.9 Å². The van der Waals surface area contributed by atoms with Gasteiger partial charge in [0.05, 0.1) is 39.6 Å². The Morgan fingerprint density at radius 2 is 0.544 bits per heavy atom. The molecule has 0 aromatic rings. The van der Waals surface area contributed by atoms with Crippen LogP contribution in [0.25, 0.3) is 0 Å². The van der Waals surface area contributed by atoms with Crippen molar-refractivity contribution in [1.82, 2.24) is 0 Å². The molecule has 103 heavy (non-hydrogen) atoms. The van der Waals surface area contributed by atoms with E-state index in [4.69, 9.17) is 56.0 Å². The maximum atomic E-state index is 12.7. The summed E-state index contributed by atoms with van der Waals surface area (Å²) in [4.78, 5) is 75.4. The summed E-state index contributed by atoms with van der Waals surface area (Å²) in [6.07, 6.45) is 56.6. The molecule has 0 amide bonds. The first-order valence-corrected chi connectivity index (χ1v) is 44.9. The van der Waals surface area contributed by atoms with Crippen molar-refractivity contribution in [1.29, 1.82) is 0 Å². The Bertz CT molecular complexity index is 1890. The molecule has 20 nitrogen and oxygen atoms in total. The minimum Gasteiger partial charge on any atom is -0.756 e. The third-order valence-electron chi connectivity index (χ3n) is 18.8. The molecule has 2 rings (SSSR count). The van der Waals surface area contributed by atoms with E-state index in [1.807, 2.05) is 0 Å². The van der Waals surface area contributed by atoms with Gasteiger partial charge in [0, 0.05) is 25.7 Å². The molecule has 0 radical (unpaired) electrons. The van der Waals surface area contributed by atoms with Crippen LogP contribution >= 0.6 is 15.6 Å². The molecule has 0 spiro atoms. The molecule has 2 saturated heterocycles. The molecule has 0 aromatic carbocycles. The molecule has 2 aliphatic heterocycles. The Morgan fingerprint density at radius 3 is 0.796 bits per heavy atom. The van der Waals surface area contributed by atoms with Gasteiger partial charge in [0.1, 0.15) is 25.4 Å². The first-order valence-electron chi connectivity index (χ1n) is 42.0. The fourth-order valence-electron chi connectivity index (χ4n) is 12.4. The fraction of sp³-hybridized carbons (Fsp3) is 0.950. The van der Waals surface area contributed by atoms with Gasteiger partial charge < -0.3 is 65.8 Å². The van der Waals surface area contributed by atoms with Gasteiger partial charge in [-0.15, -0.1) is 0 Å².